The average molecular weight is 284 g/mol. The topological polar surface area (TPSA) is 92.3 Å². The van der Waals surface area contributed by atoms with Crippen molar-refractivity contribution in [2.45, 2.75) is 30.6 Å². The highest BCUT2D eigenvalue weighted by Gasteiger charge is 2.34. The van der Waals surface area contributed by atoms with Crippen LogP contribution in [0.5, 0.6) is 0 Å². The van der Waals surface area contributed by atoms with E-state index < -0.39 is 19.9 Å². The largest absolute Gasteiger partial charge is 0.311 e. The minimum absolute atomic E-state index is 0.0497. The van der Waals surface area contributed by atoms with Crippen molar-refractivity contribution < 1.29 is 16.8 Å². The van der Waals surface area contributed by atoms with Gasteiger partial charge >= 0.3 is 0 Å². The van der Waals surface area contributed by atoms with Gasteiger partial charge in [0.05, 0.1) is 11.5 Å². The van der Waals surface area contributed by atoms with Crippen molar-refractivity contribution in [1.29, 1.82) is 0 Å². The molecule has 2 N–H and O–H groups in total. The molecular formula is C9H20N2O4S2. The Balaban J connectivity index is 2.37. The summed E-state index contributed by atoms with van der Waals surface area (Å²) in [5.74, 6) is 0. The number of rotatable bonds is 6. The third-order valence-corrected chi connectivity index (χ3v) is 5.29. The summed E-state index contributed by atoms with van der Waals surface area (Å²) in [6, 6.07) is -0.0497. The normalized spacial score (nSPS) is 26.2. The van der Waals surface area contributed by atoms with Crippen LogP contribution in [0.25, 0.3) is 0 Å². The molecule has 0 radical (unpaired) electrons. The number of hydrogen-bond donors (Lipinski definition) is 2. The summed E-state index contributed by atoms with van der Waals surface area (Å²) in [5.41, 5.74) is 0. The predicted octanol–water partition coefficient (Wildman–Crippen LogP) is -0.909. The van der Waals surface area contributed by atoms with Crippen LogP contribution < -0.4 is 10.0 Å². The fraction of sp³-hybridized carbons (Fsp3) is 1.00. The third kappa shape index (κ3) is 5.33. The van der Waals surface area contributed by atoms with E-state index in [2.05, 4.69) is 10.0 Å². The van der Waals surface area contributed by atoms with Crippen LogP contribution in [0.3, 0.4) is 0 Å². The van der Waals surface area contributed by atoms with Gasteiger partial charge in [-0.25, -0.2) is 21.6 Å². The Morgan fingerprint density at radius 3 is 2.24 bits per heavy atom. The van der Waals surface area contributed by atoms with E-state index in [0.29, 0.717) is 13.0 Å². The number of nitrogens with one attached hydrogen (secondary N) is 2. The van der Waals surface area contributed by atoms with Crippen LogP contribution in [0.4, 0.5) is 0 Å². The van der Waals surface area contributed by atoms with E-state index in [-0.39, 0.29) is 17.8 Å². The van der Waals surface area contributed by atoms with Crippen molar-refractivity contribution in [1.82, 2.24) is 10.0 Å². The number of sulfone groups is 1. The molecule has 0 bridgehead atoms. The van der Waals surface area contributed by atoms with Crippen molar-refractivity contribution >= 4 is 19.9 Å². The molecule has 0 aliphatic heterocycles. The molecule has 2 unspecified atom stereocenters. The van der Waals surface area contributed by atoms with E-state index in [4.69, 9.17) is 0 Å². The average Bonchev–Trinajstić information content (AvgIpc) is 2.58. The molecule has 0 aromatic rings. The smallest absolute Gasteiger partial charge is 0.208 e. The number of hydrogen-bond acceptors (Lipinski definition) is 5. The van der Waals surface area contributed by atoms with Gasteiger partial charge in [0.25, 0.3) is 0 Å². The van der Waals surface area contributed by atoms with Crippen LogP contribution in [0.15, 0.2) is 0 Å². The molecule has 1 fully saturated rings. The van der Waals surface area contributed by atoms with Crippen molar-refractivity contribution in [2.75, 3.05) is 25.6 Å². The lowest BCUT2D eigenvalue weighted by atomic mass is 10.2. The van der Waals surface area contributed by atoms with E-state index >= 15 is 0 Å². The maximum atomic E-state index is 11.5. The molecule has 1 aliphatic rings. The fourth-order valence-electron chi connectivity index (χ4n) is 2.17. The lowest BCUT2D eigenvalue weighted by Crippen LogP contribution is -2.43. The van der Waals surface area contributed by atoms with Crippen molar-refractivity contribution in [3.8, 4) is 0 Å². The summed E-state index contributed by atoms with van der Waals surface area (Å²) < 4.78 is 47.0. The summed E-state index contributed by atoms with van der Waals surface area (Å²) in [5, 5.41) is 2.77. The third-order valence-electron chi connectivity index (χ3n) is 2.90. The van der Waals surface area contributed by atoms with E-state index in [0.717, 1.165) is 19.1 Å². The Morgan fingerprint density at radius 1 is 1.06 bits per heavy atom. The highest BCUT2D eigenvalue weighted by molar-refractivity contribution is 7.91. The lowest BCUT2D eigenvalue weighted by molar-refractivity contribution is 0.506. The van der Waals surface area contributed by atoms with E-state index in [1.165, 1.54) is 6.26 Å². The van der Waals surface area contributed by atoms with Crippen molar-refractivity contribution in [3.05, 3.63) is 0 Å². The first kappa shape index (κ1) is 14.9. The summed E-state index contributed by atoms with van der Waals surface area (Å²) in [4.78, 5) is 0. The van der Waals surface area contributed by atoms with E-state index in [1.807, 2.05) is 0 Å². The molecule has 102 valence electrons. The maximum absolute atomic E-state index is 11.5. The first-order valence-electron chi connectivity index (χ1n) is 5.57. The lowest BCUT2D eigenvalue weighted by Gasteiger charge is -2.19. The highest BCUT2D eigenvalue weighted by Crippen LogP contribution is 2.24. The zero-order valence-corrected chi connectivity index (χ0v) is 11.8. The SMILES string of the molecule is CS(=O)(=O)NCCNC1CCCC1S(C)(=O)=O. The molecule has 0 spiro atoms. The van der Waals surface area contributed by atoms with Crippen LogP contribution in [-0.4, -0.2) is 53.7 Å². The molecular weight excluding hydrogens is 264 g/mol. The second-order valence-electron chi connectivity index (χ2n) is 4.53. The zero-order chi connectivity index (χ0) is 13.1. The van der Waals surface area contributed by atoms with Crippen LogP contribution >= 0.6 is 0 Å². The van der Waals surface area contributed by atoms with E-state index in [9.17, 15) is 16.8 Å². The van der Waals surface area contributed by atoms with Gasteiger partial charge in [0.15, 0.2) is 9.84 Å². The van der Waals surface area contributed by atoms with Gasteiger partial charge in [-0.3, -0.25) is 0 Å². The van der Waals surface area contributed by atoms with Gasteiger partial charge in [0, 0.05) is 25.4 Å². The molecule has 1 rings (SSSR count). The van der Waals surface area contributed by atoms with Gasteiger partial charge in [0.2, 0.25) is 10.0 Å². The van der Waals surface area contributed by atoms with Crippen molar-refractivity contribution in [3.63, 3.8) is 0 Å². The minimum Gasteiger partial charge on any atom is -0.311 e. The first-order chi connectivity index (χ1) is 7.70. The van der Waals surface area contributed by atoms with Gasteiger partial charge in [-0.15, -0.1) is 0 Å². The fourth-order valence-corrected chi connectivity index (χ4v) is 4.06. The molecule has 2 atom stereocenters. The monoisotopic (exact) mass is 284 g/mol. The Morgan fingerprint density at radius 2 is 1.71 bits per heavy atom. The summed E-state index contributed by atoms with van der Waals surface area (Å²) in [6.45, 7) is 0.732. The Bertz CT molecular complexity index is 444. The first-order valence-corrected chi connectivity index (χ1v) is 9.41. The van der Waals surface area contributed by atoms with Crippen LogP contribution in [0.1, 0.15) is 19.3 Å². The van der Waals surface area contributed by atoms with Crippen LogP contribution in [0.2, 0.25) is 0 Å². The predicted molar refractivity (Wildman–Crippen MR) is 67.1 cm³/mol. The Labute approximate surface area is 103 Å². The Kier molecular flexibility index (Phi) is 4.94. The number of sulfonamides is 1. The second kappa shape index (κ2) is 5.64. The maximum Gasteiger partial charge on any atom is 0.208 e. The van der Waals surface area contributed by atoms with Gasteiger partial charge in [-0.1, -0.05) is 6.42 Å². The zero-order valence-electron chi connectivity index (χ0n) is 10.1. The van der Waals surface area contributed by atoms with Crippen LogP contribution in [-0.2, 0) is 19.9 Å². The van der Waals surface area contributed by atoms with Gasteiger partial charge in [-0.2, -0.15) is 0 Å². The quantitative estimate of drug-likeness (QED) is 0.616. The standard InChI is InChI=1S/C9H20N2O4S2/c1-16(12,13)9-5-3-4-8(9)10-6-7-11-17(2,14)15/h8-11H,3-7H2,1-2H3. The molecule has 0 aromatic heterocycles. The van der Waals surface area contributed by atoms with Gasteiger partial charge in [0.1, 0.15) is 0 Å². The summed E-state index contributed by atoms with van der Waals surface area (Å²) in [6.07, 6.45) is 4.77. The molecule has 1 aliphatic carbocycles. The Hall–Kier alpha value is -0.180. The van der Waals surface area contributed by atoms with Gasteiger partial charge in [-0.05, 0) is 12.8 Å². The summed E-state index contributed by atoms with van der Waals surface area (Å²) >= 11 is 0. The van der Waals surface area contributed by atoms with Crippen molar-refractivity contribution in [2.24, 2.45) is 0 Å². The summed E-state index contributed by atoms with van der Waals surface area (Å²) in [7, 11) is -6.19. The molecule has 6 nitrogen and oxygen atoms in total. The minimum atomic E-state index is -3.17. The van der Waals surface area contributed by atoms with E-state index in [1.54, 1.807) is 0 Å². The molecule has 0 aromatic carbocycles. The highest BCUT2D eigenvalue weighted by atomic mass is 32.2. The molecule has 0 amide bonds. The molecule has 0 saturated heterocycles. The molecule has 1 saturated carbocycles. The van der Waals surface area contributed by atoms with Crippen LogP contribution in [0, 0.1) is 0 Å². The molecule has 17 heavy (non-hydrogen) atoms. The second-order valence-corrected chi connectivity index (χ2v) is 8.62. The molecule has 8 heteroatoms. The van der Waals surface area contributed by atoms with Gasteiger partial charge < -0.3 is 5.32 Å². The molecule has 0 heterocycles.